The topological polar surface area (TPSA) is 6.48 Å². The number of hydrogen-bond acceptors (Lipinski definition) is 2. The van der Waals surface area contributed by atoms with Gasteiger partial charge in [0.05, 0.1) is 0 Å². The molecular weight excluding hydrogens is 881 g/mol. The molecule has 2 heteroatoms. The Balaban J connectivity index is 1.00. The SMILES string of the molecule is Cc1ccc(N(c2ccc3c(c2)C(C)(C)c2cccc4c2c-3c(-c2ccccc2)c2ccc(N(c3ccc(C)cc3)c3ccc5ccc6ccccc6c5c3)cc24)c2ccc3ccc4ccccc4c3c2)cc1. The van der Waals surface area contributed by atoms with E-state index in [2.05, 4.69) is 280 Å². The number of nitrogens with zero attached hydrogens (tertiary/aromatic N) is 2. The fourth-order valence-electron chi connectivity index (χ4n) is 12.2. The average molecular weight is 933 g/mol. The Morgan fingerprint density at radius 2 is 0.726 bits per heavy atom. The first-order chi connectivity index (χ1) is 35.8. The minimum absolute atomic E-state index is 0.336. The summed E-state index contributed by atoms with van der Waals surface area (Å²) >= 11 is 0. The lowest BCUT2D eigenvalue weighted by atomic mass is 9.66. The molecule has 0 saturated heterocycles. The van der Waals surface area contributed by atoms with Crippen molar-refractivity contribution >= 4 is 98.8 Å². The molecule has 13 aromatic carbocycles. The maximum absolute atomic E-state index is 2.48. The third kappa shape index (κ3) is 6.85. The molecule has 0 aromatic heterocycles. The van der Waals surface area contributed by atoms with Crippen molar-refractivity contribution in [2.75, 3.05) is 9.80 Å². The van der Waals surface area contributed by atoms with Gasteiger partial charge in [-0.2, -0.15) is 0 Å². The van der Waals surface area contributed by atoms with Crippen molar-refractivity contribution in [3.8, 4) is 22.3 Å². The van der Waals surface area contributed by atoms with Crippen LogP contribution in [-0.4, -0.2) is 0 Å². The van der Waals surface area contributed by atoms with Crippen molar-refractivity contribution in [2.45, 2.75) is 33.1 Å². The molecule has 1 aliphatic rings. The Bertz CT molecular complexity index is 4360. The second kappa shape index (κ2) is 16.6. The van der Waals surface area contributed by atoms with Crippen LogP contribution in [0.25, 0.3) is 86.9 Å². The smallest absolute Gasteiger partial charge is 0.0468 e. The summed E-state index contributed by atoms with van der Waals surface area (Å²) < 4.78 is 0. The quantitative estimate of drug-likeness (QED) is 0.147. The van der Waals surface area contributed by atoms with Crippen molar-refractivity contribution in [2.24, 2.45) is 0 Å². The molecule has 346 valence electrons. The van der Waals surface area contributed by atoms with E-state index in [-0.39, 0.29) is 5.41 Å². The molecular formula is C71H52N2. The molecule has 0 unspecified atom stereocenters. The van der Waals surface area contributed by atoms with E-state index in [1.54, 1.807) is 0 Å². The number of fused-ring (bicyclic) bond motifs is 10. The van der Waals surface area contributed by atoms with Crippen molar-refractivity contribution < 1.29 is 0 Å². The van der Waals surface area contributed by atoms with Crippen LogP contribution in [0.15, 0.2) is 243 Å². The van der Waals surface area contributed by atoms with Crippen LogP contribution in [0.5, 0.6) is 0 Å². The highest BCUT2D eigenvalue weighted by Crippen LogP contribution is 2.56. The molecule has 14 rings (SSSR count). The summed E-state index contributed by atoms with van der Waals surface area (Å²) in [6, 6.07) is 90.8. The van der Waals surface area contributed by atoms with Crippen molar-refractivity contribution in [3.05, 3.63) is 265 Å². The zero-order valence-corrected chi connectivity index (χ0v) is 41.5. The summed E-state index contributed by atoms with van der Waals surface area (Å²) in [5, 5.41) is 15.1. The molecule has 0 radical (unpaired) electrons. The summed E-state index contributed by atoms with van der Waals surface area (Å²) in [5.74, 6) is 0. The van der Waals surface area contributed by atoms with Crippen LogP contribution in [0.4, 0.5) is 34.1 Å². The van der Waals surface area contributed by atoms with E-state index in [1.807, 2.05) is 0 Å². The molecule has 1 aliphatic carbocycles. The number of benzene rings is 13. The second-order valence-corrected chi connectivity index (χ2v) is 20.7. The summed E-state index contributed by atoms with van der Waals surface area (Å²) in [4.78, 5) is 4.89. The molecule has 0 fully saturated rings. The lowest BCUT2D eigenvalue weighted by molar-refractivity contribution is 0.645. The van der Waals surface area contributed by atoms with Gasteiger partial charge in [0.25, 0.3) is 0 Å². The van der Waals surface area contributed by atoms with E-state index in [1.165, 1.54) is 109 Å². The molecule has 0 atom stereocenters. The predicted molar refractivity (Wildman–Crippen MR) is 313 cm³/mol. The lowest BCUT2D eigenvalue weighted by Crippen LogP contribution is -2.24. The van der Waals surface area contributed by atoms with Gasteiger partial charge in [0.2, 0.25) is 0 Å². The van der Waals surface area contributed by atoms with E-state index >= 15 is 0 Å². The first-order valence-corrected chi connectivity index (χ1v) is 25.6. The van der Waals surface area contributed by atoms with E-state index in [9.17, 15) is 0 Å². The molecule has 0 heterocycles. The van der Waals surface area contributed by atoms with Gasteiger partial charge in [-0.25, -0.2) is 0 Å². The van der Waals surface area contributed by atoms with Crippen molar-refractivity contribution in [1.82, 2.24) is 0 Å². The molecule has 0 amide bonds. The van der Waals surface area contributed by atoms with Gasteiger partial charge in [0.15, 0.2) is 0 Å². The highest BCUT2D eigenvalue weighted by atomic mass is 15.1. The summed E-state index contributed by atoms with van der Waals surface area (Å²) in [6.45, 7) is 9.18. The molecule has 0 bridgehead atoms. The fraction of sp³-hybridized carbons (Fsp3) is 0.0704. The van der Waals surface area contributed by atoms with Gasteiger partial charge in [-0.15, -0.1) is 0 Å². The van der Waals surface area contributed by atoms with Crippen molar-refractivity contribution in [3.63, 3.8) is 0 Å². The van der Waals surface area contributed by atoms with Crippen LogP contribution in [0.2, 0.25) is 0 Å². The highest BCUT2D eigenvalue weighted by molar-refractivity contribution is 6.24. The Kier molecular flexibility index (Phi) is 9.72. The zero-order chi connectivity index (χ0) is 49.0. The monoisotopic (exact) mass is 932 g/mol. The average Bonchev–Trinajstić information content (AvgIpc) is 3.43. The second-order valence-electron chi connectivity index (χ2n) is 20.7. The van der Waals surface area contributed by atoms with Gasteiger partial charge in [-0.1, -0.05) is 195 Å². The van der Waals surface area contributed by atoms with E-state index in [0.717, 1.165) is 34.1 Å². The van der Waals surface area contributed by atoms with E-state index in [4.69, 9.17) is 0 Å². The van der Waals surface area contributed by atoms with Crippen molar-refractivity contribution in [1.29, 1.82) is 0 Å². The number of rotatable bonds is 7. The third-order valence-electron chi connectivity index (χ3n) is 15.9. The minimum Gasteiger partial charge on any atom is -0.310 e. The summed E-state index contributed by atoms with van der Waals surface area (Å²) in [7, 11) is 0. The van der Waals surface area contributed by atoms with Gasteiger partial charge in [0, 0.05) is 39.5 Å². The number of anilines is 6. The molecule has 0 saturated carbocycles. The maximum Gasteiger partial charge on any atom is 0.0468 e. The van der Waals surface area contributed by atoms with Crippen LogP contribution in [0.3, 0.4) is 0 Å². The minimum atomic E-state index is -0.336. The molecule has 0 N–H and O–H groups in total. The van der Waals surface area contributed by atoms with Crippen LogP contribution < -0.4 is 9.80 Å². The Morgan fingerprint density at radius 3 is 1.30 bits per heavy atom. The fourth-order valence-corrected chi connectivity index (χ4v) is 12.2. The molecule has 2 nitrogen and oxygen atoms in total. The zero-order valence-electron chi connectivity index (χ0n) is 41.5. The Labute approximate surface area is 426 Å². The lowest BCUT2D eigenvalue weighted by Gasteiger charge is -2.38. The third-order valence-corrected chi connectivity index (χ3v) is 15.9. The summed E-state index contributed by atoms with van der Waals surface area (Å²) in [6.07, 6.45) is 0. The molecule has 0 aliphatic heterocycles. The first-order valence-electron chi connectivity index (χ1n) is 25.6. The Morgan fingerprint density at radius 1 is 0.288 bits per heavy atom. The Hall–Kier alpha value is -8.98. The van der Waals surface area contributed by atoms with Gasteiger partial charge < -0.3 is 9.80 Å². The van der Waals surface area contributed by atoms with Crippen LogP contribution in [-0.2, 0) is 5.41 Å². The highest BCUT2D eigenvalue weighted by Gasteiger charge is 2.37. The van der Waals surface area contributed by atoms with Crippen LogP contribution in [0, 0.1) is 13.8 Å². The van der Waals surface area contributed by atoms with Gasteiger partial charge in [-0.3, -0.25) is 0 Å². The molecule has 73 heavy (non-hydrogen) atoms. The maximum atomic E-state index is 2.48. The molecule has 0 spiro atoms. The van der Waals surface area contributed by atoms with Crippen LogP contribution in [0.1, 0.15) is 36.1 Å². The first kappa shape index (κ1) is 42.9. The normalized spacial score (nSPS) is 12.8. The van der Waals surface area contributed by atoms with Gasteiger partial charge in [-0.05, 0) is 185 Å². The number of hydrogen-bond donors (Lipinski definition) is 0. The van der Waals surface area contributed by atoms with E-state index in [0.29, 0.717) is 0 Å². The summed E-state index contributed by atoms with van der Waals surface area (Å²) in [5.41, 5.74) is 16.6. The predicted octanol–water partition coefficient (Wildman–Crippen LogP) is 20.1. The van der Waals surface area contributed by atoms with Crippen LogP contribution >= 0.6 is 0 Å². The molecule has 13 aromatic rings. The van der Waals surface area contributed by atoms with Gasteiger partial charge in [0.1, 0.15) is 0 Å². The largest absolute Gasteiger partial charge is 0.310 e. The standard InChI is InChI=1S/C71H52N2/c1-45-21-31-52(32-22-45)72(54-35-29-49-27-25-47-13-8-10-17-58(47)63(49)41-54)56-37-39-61-65(43-56)60-19-12-20-66-69(60)70(68(61)51-15-6-5-7-16-51)62-40-38-57(44-67(62)71(66,3)4)73(53-33-23-46(2)24-34-53)55-36-30-50-28-26-48-14-9-11-18-59(48)64(50)42-55/h5-44H,1-4H3. The van der Waals surface area contributed by atoms with E-state index < -0.39 is 0 Å². The van der Waals surface area contributed by atoms with Gasteiger partial charge >= 0.3 is 0 Å². The number of aryl methyl sites for hydroxylation is 2.